The van der Waals surface area contributed by atoms with Gasteiger partial charge in [0.15, 0.2) is 0 Å². The molecule has 0 bridgehead atoms. The number of nitrogens with one attached hydrogen (secondary N) is 1. The van der Waals surface area contributed by atoms with Crippen molar-refractivity contribution in [2.24, 2.45) is 0 Å². The van der Waals surface area contributed by atoms with Gasteiger partial charge in [-0.15, -0.1) is 5.54 Å². The van der Waals surface area contributed by atoms with Crippen molar-refractivity contribution in [3.8, 4) is 0 Å². The number of rotatable bonds is 1. The minimum Gasteiger partial charge on any atom is -1.00 e. The van der Waals surface area contributed by atoms with E-state index >= 15 is 0 Å². The summed E-state index contributed by atoms with van der Waals surface area (Å²) < 4.78 is 0. The van der Waals surface area contributed by atoms with Crippen molar-refractivity contribution in [2.45, 2.75) is 72.6 Å². The summed E-state index contributed by atoms with van der Waals surface area (Å²) in [5.74, 6) is 0. The van der Waals surface area contributed by atoms with E-state index in [0.717, 1.165) is 5.54 Å². The minimum absolute atomic E-state index is 0. The molecule has 20 heavy (non-hydrogen) atoms. The summed E-state index contributed by atoms with van der Waals surface area (Å²) >= 11 is 0. The van der Waals surface area contributed by atoms with Crippen molar-refractivity contribution in [3.05, 3.63) is 28.0 Å². The molecule has 0 saturated heterocycles. The van der Waals surface area contributed by atoms with Crippen LogP contribution in [-0.4, -0.2) is 14.3 Å². The average Bonchev–Trinajstić information content (AvgIpc) is 2.28. The Morgan fingerprint density at radius 1 is 0.850 bits per heavy atom. The van der Waals surface area contributed by atoms with Crippen LogP contribution in [-0.2, 0) is 21.7 Å². The molecule has 1 N–H and O–H groups in total. The molecule has 1 aliphatic carbocycles. The van der Waals surface area contributed by atoms with Gasteiger partial charge >= 0.3 is 21.7 Å². The SMILES string of the molecule is CC(C)(C)[NH-].CC1=C(C)C([SiH](C)C)C(C)=C1C.[Cl-].[Cl-].[Ti+3]. The summed E-state index contributed by atoms with van der Waals surface area (Å²) in [5, 5.41) is 0. The van der Waals surface area contributed by atoms with Crippen molar-refractivity contribution >= 4 is 8.80 Å². The smallest absolute Gasteiger partial charge is 1.00 e. The van der Waals surface area contributed by atoms with Gasteiger partial charge in [-0.1, -0.05) is 45.0 Å². The standard InChI is InChI=1S/C11H20Si.C4H10N.2ClH.Ti/c1-7-8(2)10(4)11(9(7)3)12(5)6;1-4(2,3)5;;;/h11-12H,1-6H3;5H,1-3H3;2*1H;/q;-1;;;+3/p-2. The van der Waals surface area contributed by atoms with Crippen LogP contribution in [0.15, 0.2) is 22.3 Å². The molecule has 0 aromatic carbocycles. The minimum atomic E-state index is -0.531. The van der Waals surface area contributed by atoms with Gasteiger partial charge in [-0.3, -0.25) is 0 Å². The van der Waals surface area contributed by atoms with Crippen LogP contribution >= 0.6 is 0 Å². The van der Waals surface area contributed by atoms with Crippen molar-refractivity contribution in [3.63, 3.8) is 0 Å². The largest absolute Gasteiger partial charge is 3.00 e. The fraction of sp³-hybridized carbons (Fsp3) is 0.733. The van der Waals surface area contributed by atoms with Crippen LogP contribution < -0.4 is 24.8 Å². The first-order chi connectivity index (χ1) is 7.46. The molecule has 1 aliphatic rings. The van der Waals surface area contributed by atoms with E-state index in [4.69, 9.17) is 5.73 Å². The van der Waals surface area contributed by atoms with Gasteiger partial charge in [0, 0.05) is 8.80 Å². The summed E-state index contributed by atoms with van der Waals surface area (Å²) in [7, 11) is -0.531. The van der Waals surface area contributed by atoms with E-state index in [-0.39, 0.29) is 52.1 Å². The Labute approximate surface area is 155 Å². The molecule has 0 saturated carbocycles. The van der Waals surface area contributed by atoms with Crippen LogP contribution in [0.4, 0.5) is 0 Å². The van der Waals surface area contributed by atoms with E-state index in [0.29, 0.717) is 0 Å². The van der Waals surface area contributed by atoms with E-state index < -0.39 is 8.80 Å². The zero-order valence-corrected chi connectivity index (χ0v) is 18.6. The Morgan fingerprint density at radius 2 is 1.05 bits per heavy atom. The number of hydrogen-bond acceptors (Lipinski definition) is 0. The summed E-state index contributed by atoms with van der Waals surface area (Å²) in [6.07, 6.45) is 0. The summed E-state index contributed by atoms with van der Waals surface area (Å²) in [4.78, 5) is 0. The fourth-order valence-electron chi connectivity index (χ4n) is 2.38. The molecule has 1 radical (unpaired) electrons. The van der Waals surface area contributed by atoms with Gasteiger partial charge < -0.3 is 30.5 Å². The normalized spacial score (nSPS) is 15.2. The topological polar surface area (TPSA) is 23.8 Å². The Bertz CT molecular complexity index is 314. The van der Waals surface area contributed by atoms with Gasteiger partial charge in [0.2, 0.25) is 0 Å². The zero-order valence-electron chi connectivity index (χ0n) is 14.4. The molecular weight excluding hydrogens is 341 g/mol. The van der Waals surface area contributed by atoms with Crippen molar-refractivity contribution in [1.82, 2.24) is 0 Å². The second kappa shape index (κ2) is 11.5. The van der Waals surface area contributed by atoms with E-state index in [1.54, 1.807) is 22.3 Å². The van der Waals surface area contributed by atoms with Crippen molar-refractivity contribution < 1.29 is 46.5 Å². The Balaban J connectivity index is -0.000000141. The molecular formula is C15H30Cl2NSiTi. The average molecular weight is 371 g/mol. The third kappa shape index (κ3) is 9.81. The first kappa shape index (κ1) is 29.0. The molecule has 0 amide bonds. The Kier molecular flexibility index (Phi) is 16.7. The zero-order chi connectivity index (χ0) is 14.0. The van der Waals surface area contributed by atoms with Gasteiger partial charge in [0.1, 0.15) is 0 Å². The molecule has 0 fully saturated rings. The van der Waals surface area contributed by atoms with Crippen molar-refractivity contribution in [1.29, 1.82) is 0 Å². The fourth-order valence-corrected chi connectivity index (χ4v) is 4.88. The molecule has 0 spiro atoms. The predicted octanol–water partition coefficient (Wildman–Crippen LogP) is -0.628. The monoisotopic (exact) mass is 370 g/mol. The van der Waals surface area contributed by atoms with Gasteiger partial charge in [-0.05, 0) is 44.4 Å². The number of allylic oxidation sites excluding steroid dienone is 4. The molecule has 0 aromatic rings. The number of halogens is 2. The first-order valence-corrected chi connectivity index (χ1v) is 9.54. The summed E-state index contributed by atoms with van der Waals surface area (Å²) in [5.41, 5.74) is 13.9. The van der Waals surface area contributed by atoms with E-state index in [9.17, 15) is 0 Å². The quantitative estimate of drug-likeness (QED) is 0.549. The van der Waals surface area contributed by atoms with Gasteiger partial charge in [-0.25, -0.2) is 0 Å². The Morgan fingerprint density at radius 3 is 1.15 bits per heavy atom. The van der Waals surface area contributed by atoms with Crippen LogP contribution in [0.1, 0.15) is 48.5 Å². The van der Waals surface area contributed by atoms with Gasteiger partial charge in [0.05, 0.1) is 0 Å². The maximum absolute atomic E-state index is 6.94. The molecule has 0 heterocycles. The number of hydrogen-bond donors (Lipinski definition) is 0. The van der Waals surface area contributed by atoms with Crippen LogP contribution in [0.5, 0.6) is 0 Å². The van der Waals surface area contributed by atoms with Crippen LogP contribution in [0.3, 0.4) is 0 Å². The van der Waals surface area contributed by atoms with Crippen LogP contribution in [0, 0.1) is 0 Å². The molecule has 1 nitrogen and oxygen atoms in total. The van der Waals surface area contributed by atoms with Gasteiger partial charge in [-0.2, -0.15) is 0 Å². The maximum Gasteiger partial charge on any atom is 3.00 e. The molecule has 0 atom stereocenters. The second-order valence-corrected chi connectivity index (χ2v) is 9.74. The first-order valence-electron chi connectivity index (χ1n) is 6.57. The summed E-state index contributed by atoms with van der Waals surface area (Å²) in [6, 6.07) is 0. The van der Waals surface area contributed by atoms with E-state index in [1.807, 2.05) is 20.8 Å². The molecule has 0 aliphatic heterocycles. The molecule has 1 rings (SSSR count). The van der Waals surface area contributed by atoms with E-state index in [1.165, 1.54) is 0 Å². The molecule has 5 heteroatoms. The molecule has 117 valence electrons. The Hall–Kier alpha value is 0.951. The van der Waals surface area contributed by atoms with Crippen LogP contribution in [0.2, 0.25) is 18.6 Å². The summed E-state index contributed by atoms with van der Waals surface area (Å²) in [6.45, 7) is 19.6. The predicted molar refractivity (Wildman–Crippen MR) is 83.4 cm³/mol. The third-order valence-electron chi connectivity index (χ3n) is 3.35. The third-order valence-corrected chi connectivity index (χ3v) is 5.68. The van der Waals surface area contributed by atoms with Crippen molar-refractivity contribution in [2.75, 3.05) is 0 Å². The maximum atomic E-state index is 6.94. The molecule has 0 aromatic heterocycles. The van der Waals surface area contributed by atoms with Gasteiger partial charge in [0.25, 0.3) is 0 Å². The molecule has 0 unspecified atom stereocenters. The van der Waals surface area contributed by atoms with E-state index in [2.05, 4.69) is 40.8 Å². The second-order valence-electron chi connectivity index (χ2n) is 6.59. The van der Waals surface area contributed by atoms with Crippen LogP contribution in [0.25, 0.3) is 5.73 Å².